The van der Waals surface area contributed by atoms with E-state index in [4.69, 9.17) is 5.11 Å². The molecule has 0 saturated carbocycles. The van der Waals surface area contributed by atoms with Crippen molar-refractivity contribution in [2.75, 3.05) is 18.4 Å². The molecule has 1 aromatic carbocycles. The van der Waals surface area contributed by atoms with E-state index in [2.05, 4.69) is 10.7 Å². The van der Waals surface area contributed by atoms with Crippen molar-refractivity contribution >= 4 is 17.7 Å². The van der Waals surface area contributed by atoms with Gasteiger partial charge in [0.1, 0.15) is 5.75 Å². The number of hydrogen-bond acceptors (Lipinski definition) is 4. The lowest BCUT2D eigenvalue weighted by Gasteiger charge is -2.26. The number of anilines is 1. The van der Waals surface area contributed by atoms with Crippen LogP contribution in [0.3, 0.4) is 0 Å². The lowest BCUT2D eigenvalue weighted by Crippen LogP contribution is -2.46. The van der Waals surface area contributed by atoms with Crippen molar-refractivity contribution < 1.29 is 19.8 Å². The predicted octanol–water partition coefficient (Wildman–Crippen LogP) is 1.61. The predicted molar refractivity (Wildman–Crippen MR) is 72.6 cm³/mol. The zero-order chi connectivity index (χ0) is 14.5. The van der Waals surface area contributed by atoms with Crippen LogP contribution in [-0.2, 0) is 0 Å². The first-order chi connectivity index (χ1) is 9.56. The molecule has 7 nitrogen and oxygen atoms in total. The summed E-state index contributed by atoms with van der Waals surface area (Å²) in [5.41, 5.74) is 2.82. The molecule has 1 heterocycles. The maximum atomic E-state index is 11.8. The molecule has 0 aromatic heterocycles. The molecule has 1 aliphatic rings. The van der Waals surface area contributed by atoms with Gasteiger partial charge in [0.05, 0.1) is 11.3 Å². The number of phenols is 1. The first kappa shape index (κ1) is 14.1. The molecule has 0 radical (unpaired) electrons. The highest BCUT2D eigenvalue weighted by molar-refractivity contribution is 5.93. The number of nitrogens with one attached hydrogen (secondary N) is 2. The zero-order valence-corrected chi connectivity index (χ0v) is 10.9. The number of rotatable bonds is 3. The first-order valence-electron chi connectivity index (χ1n) is 6.45. The van der Waals surface area contributed by atoms with Crippen LogP contribution in [0.1, 0.15) is 29.6 Å². The number of aromatic hydroxyl groups is 1. The van der Waals surface area contributed by atoms with Crippen LogP contribution < -0.4 is 10.7 Å². The van der Waals surface area contributed by atoms with Gasteiger partial charge in [0.25, 0.3) is 0 Å². The normalized spacial score (nSPS) is 15.6. The van der Waals surface area contributed by atoms with Crippen LogP contribution in [0.25, 0.3) is 0 Å². The zero-order valence-electron chi connectivity index (χ0n) is 10.9. The van der Waals surface area contributed by atoms with Crippen molar-refractivity contribution in [2.24, 2.45) is 0 Å². The molecule has 108 valence electrons. The van der Waals surface area contributed by atoms with Crippen molar-refractivity contribution in [2.45, 2.75) is 19.3 Å². The molecule has 4 N–H and O–H groups in total. The van der Waals surface area contributed by atoms with Crippen LogP contribution in [0.2, 0.25) is 0 Å². The van der Waals surface area contributed by atoms with Gasteiger partial charge in [-0.25, -0.2) is 14.6 Å². The Labute approximate surface area is 116 Å². The van der Waals surface area contributed by atoms with Gasteiger partial charge in [-0.1, -0.05) is 6.42 Å². The quantitative estimate of drug-likeness (QED) is 0.630. The summed E-state index contributed by atoms with van der Waals surface area (Å²) in [6, 6.07) is 3.32. The Balaban J connectivity index is 1.95. The second kappa shape index (κ2) is 6.25. The third-order valence-corrected chi connectivity index (χ3v) is 3.11. The summed E-state index contributed by atoms with van der Waals surface area (Å²) in [5.74, 6) is -1.41. The molecule has 20 heavy (non-hydrogen) atoms. The fraction of sp³-hybridized carbons (Fsp3) is 0.385. The maximum absolute atomic E-state index is 11.8. The molecule has 0 bridgehead atoms. The number of phenolic OH excluding ortho intramolecular Hbond substituents is 1. The number of hydrazine groups is 1. The smallest absolute Gasteiger partial charge is 0.335 e. The molecule has 0 unspecified atom stereocenters. The summed E-state index contributed by atoms with van der Waals surface area (Å²) in [6.07, 6.45) is 3.24. The SMILES string of the molecule is O=C(Nc1ccc(C(=O)O)cc1O)NN1CCCCC1. The molecule has 1 aromatic rings. The molecule has 0 spiro atoms. The van der Waals surface area contributed by atoms with E-state index < -0.39 is 12.0 Å². The Hall–Kier alpha value is -2.28. The number of piperidine rings is 1. The summed E-state index contributed by atoms with van der Waals surface area (Å²) in [6.45, 7) is 1.61. The van der Waals surface area contributed by atoms with Crippen LogP contribution in [0.15, 0.2) is 18.2 Å². The Morgan fingerprint density at radius 2 is 1.85 bits per heavy atom. The minimum Gasteiger partial charge on any atom is -0.506 e. The van der Waals surface area contributed by atoms with E-state index in [1.54, 1.807) is 0 Å². The Kier molecular flexibility index (Phi) is 4.41. The number of amides is 2. The summed E-state index contributed by atoms with van der Waals surface area (Å²) >= 11 is 0. The van der Waals surface area contributed by atoms with E-state index in [-0.39, 0.29) is 17.0 Å². The molecule has 2 rings (SSSR count). The fourth-order valence-corrected chi connectivity index (χ4v) is 2.07. The summed E-state index contributed by atoms with van der Waals surface area (Å²) in [4.78, 5) is 22.5. The molecule has 2 amide bonds. The monoisotopic (exact) mass is 279 g/mol. The largest absolute Gasteiger partial charge is 0.506 e. The second-order valence-electron chi connectivity index (χ2n) is 4.65. The fourth-order valence-electron chi connectivity index (χ4n) is 2.07. The van der Waals surface area contributed by atoms with Crippen LogP contribution in [0.5, 0.6) is 5.75 Å². The van der Waals surface area contributed by atoms with Gasteiger partial charge >= 0.3 is 12.0 Å². The van der Waals surface area contributed by atoms with Gasteiger partial charge in [0, 0.05) is 13.1 Å². The van der Waals surface area contributed by atoms with Crippen molar-refractivity contribution in [3.8, 4) is 5.75 Å². The Morgan fingerprint density at radius 1 is 1.15 bits per heavy atom. The second-order valence-corrected chi connectivity index (χ2v) is 4.65. The van der Waals surface area contributed by atoms with Gasteiger partial charge in [-0.2, -0.15) is 0 Å². The number of carbonyl (C=O) groups excluding carboxylic acids is 1. The lowest BCUT2D eigenvalue weighted by molar-refractivity contribution is 0.0696. The Morgan fingerprint density at radius 3 is 2.45 bits per heavy atom. The van der Waals surface area contributed by atoms with E-state index in [1.807, 2.05) is 5.01 Å². The highest BCUT2D eigenvalue weighted by atomic mass is 16.4. The maximum Gasteiger partial charge on any atom is 0.335 e. The summed E-state index contributed by atoms with van der Waals surface area (Å²) < 4.78 is 0. The summed E-state index contributed by atoms with van der Waals surface area (Å²) in [7, 11) is 0. The third kappa shape index (κ3) is 3.61. The first-order valence-corrected chi connectivity index (χ1v) is 6.45. The van der Waals surface area contributed by atoms with E-state index >= 15 is 0 Å². The number of carbonyl (C=O) groups is 2. The van der Waals surface area contributed by atoms with Gasteiger partial charge in [-0.05, 0) is 31.0 Å². The molecular weight excluding hydrogens is 262 g/mol. The number of carboxylic acids is 1. The summed E-state index contributed by atoms with van der Waals surface area (Å²) in [5, 5.41) is 22.8. The molecule has 1 fully saturated rings. The average Bonchev–Trinajstić information content (AvgIpc) is 2.42. The van der Waals surface area contributed by atoms with Gasteiger partial charge in [0.15, 0.2) is 0 Å². The Bertz CT molecular complexity index is 512. The minimum absolute atomic E-state index is 0.0375. The van der Waals surface area contributed by atoms with Crippen LogP contribution in [-0.4, -0.2) is 40.3 Å². The number of benzene rings is 1. The van der Waals surface area contributed by atoms with E-state index in [0.29, 0.717) is 0 Å². The van der Waals surface area contributed by atoms with Crippen molar-refractivity contribution in [3.63, 3.8) is 0 Å². The number of aromatic carboxylic acids is 1. The number of nitrogens with zero attached hydrogens (tertiary/aromatic N) is 1. The van der Waals surface area contributed by atoms with Crippen molar-refractivity contribution in [1.82, 2.24) is 10.4 Å². The van der Waals surface area contributed by atoms with E-state index in [9.17, 15) is 14.7 Å². The molecule has 1 aliphatic heterocycles. The van der Waals surface area contributed by atoms with Gasteiger partial charge in [-0.15, -0.1) is 0 Å². The molecular formula is C13H17N3O4. The van der Waals surface area contributed by atoms with Crippen LogP contribution in [0, 0.1) is 0 Å². The van der Waals surface area contributed by atoms with Crippen LogP contribution in [0.4, 0.5) is 10.5 Å². The highest BCUT2D eigenvalue weighted by Crippen LogP contribution is 2.24. The van der Waals surface area contributed by atoms with Crippen molar-refractivity contribution in [3.05, 3.63) is 23.8 Å². The number of urea groups is 1. The van der Waals surface area contributed by atoms with E-state index in [1.165, 1.54) is 12.1 Å². The average molecular weight is 279 g/mol. The number of hydrogen-bond donors (Lipinski definition) is 4. The van der Waals surface area contributed by atoms with Crippen LogP contribution >= 0.6 is 0 Å². The topological polar surface area (TPSA) is 102 Å². The molecule has 1 saturated heterocycles. The van der Waals surface area contributed by atoms with Gasteiger partial charge < -0.3 is 15.5 Å². The third-order valence-electron chi connectivity index (χ3n) is 3.11. The standard InChI is InChI=1S/C13H17N3O4/c17-11-8-9(12(18)19)4-5-10(11)14-13(20)15-16-6-2-1-3-7-16/h4-5,8,17H,1-3,6-7H2,(H,18,19)(H2,14,15,20). The van der Waals surface area contributed by atoms with Crippen molar-refractivity contribution in [1.29, 1.82) is 0 Å². The van der Waals surface area contributed by atoms with Gasteiger partial charge in [0.2, 0.25) is 0 Å². The molecule has 0 atom stereocenters. The number of carboxylic acid groups (broad SMARTS) is 1. The molecule has 7 heteroatoms. The minimum atomic E-state index is -1.13. The van der Waals surface area contributed by atoms with Gasteiger partial charge in [-0.3, -0.25) is 5.43 Å². The molecule has 0 aliphatic carbocycles. The van der Waals surface area contributed by atoms with E-state index in [0.717, 1.165) is 38.4 Å². The lowest BCUT2D eigenvalue weighted by atomic mass is 10.2. The highest BCUT2D eigenvalue weighted by Gasteiger charge is 2.14.